The van der Waals surface area contributed by atoms with Crippen LogP contribution in [0.5, 0.6) is 0 Å². The largest absolute Gasteiger partial charge is 0.462 e. The van der Waals surface area contributed by atoms with Crippen molar-refractivity contribution < 1.29 is 14.3 Å². The summed E-state index contributed by atoms with van der Waals surface area (Å²) in [5.74, 6) is -0.542. The van der Waals surface area contributed by atoms with E-state index >= 15 is 0 Å². The van der Waals surface area contributed by atoms with Gasteiger partial charge in [0.1, 0.15) is 5.00 Å². The molecule has 2 aromatic rings. The van der Waals surface area contributed by atoms with Crippen molar-refractivity contribution >= 4 is 40.0 Å². The zero-order valence-electron chi connectivity index (χ0n) is 16.6. The molecular formula is C20H25N3O4S2. The number of thiophene rings is 1. The SMILES string of the molecule is CCCc1cc(=O)[nH]c(SCC(=O)Nc2sc3c(c2C(=O)OCC)CCCC3)n1. The van der Waals surface area contributed by atoms with Crippen molar-refractivity contribution in [1.82, 2.24) is 9.97 Å². The fourth-order valence-corrected chi connectivity index (χ4v) is 5.29. The first-order valence-electron chi connectivity index (χ1n) is 9.86. The first-order chi connectivity index (χ1) is 14.0. The predicted octanol–water partition coefficient (Wildman–Crippen LogP) is 3.57. The van der Waals surface area contributed by atoms with Crippen LogP contribution in [0.15, 0.2) is 16.0 Å². The molecule has 156 valence electrons. The summed E-state index contributed by atoms with van der Waals surface area (Å²) in [5.41, 5.74) is 2.01. The molecule has 0 saturated heterocycles. The van der Waals surface area contributed by atoms with Gasteiger partial charge in [-0.3, -0.25) is 9.59 Å². The third-order valence-corrected chi connectivity index (χ3v) is 6.60. The second-order valence-corrected chi connectivity index (χ2v) is 8.83. The number of H-pyrrole nitrogens is 1. The molecule has 0 atom stereocenters. The van der Waals surface area contributed by atoms with Gasteiger partial charge < -0.3 is 15.0 Å². The maximum atomic E-state index is 12.5. The number of aryl methyl sites for hydroxylation is 2. The second-order valence-electron chi connectivity index (χ2n) is 6.76. The van der Waals surface area contributed by atoms with Crippen LogP contribution in [0.4, 0.5) is 5.00 Å². The van der Waals surface area contributed by atoms with Crippen molar-refractivity contribution in [3.8, 4) is 0 Å². The van der Waals surface area contributed by atoms with Gasteiger partial charge in [0.05, 0.1) is 17.9 Å². The topological polar surface area (TPSA) is 101 Å². The van der Waals surface area contributed by atoms with Crippen molar-refractivity contribution in [2.24, 2.45) is 0 Å². The Morgan fingerprint density at radius 2 is 2.10 bits per heavy atom. The summed E-state index contributed by atoms with van der Waals surface area (Å²) in [6.07, 6.45) is 5.49. The number of carbonyl (C=O) groups is 2. The molecule has 0 aliphatic heterocycles. The normalized spacial score (nSPS) is 13.0. The van der Waals surface area contributed by atoms with E-state index in [4.69, 9.17) is 4.74 Å². The Bertz CT molecular complexity index is 952. The summed E-state index contributed by atoms with van der Waals surface area (Å²) in [7, 11) is 0. The van der Waals surface area contributed by atoms with Gasteiger partial charge in [-0.25, -0.2) is 9.78 Å². The van der Waals surface area contributed by atoms with E-state index in [1.54, 1.807) is 6.92 Å². The number of thioether (sulfide) groups is 1. The smallest absolute Gasteiger partial charge is 0.341 e. The van der Waals surface area contributed by atoms with Gasteiger partial charge in [0, 0.05) is 16.6 Å². The second kappa shape index (κ2) is 10.1. The number of amides is 1. The molecule has 1 amide bonds. The number of carbonyl (C=O) groups excluding carboxylic acids is 2. The number of aromatic amines is 1. The Morgan fingerprint density at radius 3 is 2.86 bits per heavy atom. The molecule has 2 N–H and O–H groups in total. The number of nitrogens with one attached hydrogen (secondary N) is 2. The highest BCUT2D eigenvalue weighted by Crippen LogP contribution is 2.38. The molecule has 29 heavy (non-hydrogen) atoms. The van der Waals surface area contributed by atoms with E-state index < -0.39 is 0 Å². The Kier molecular flexibility index (Phi) is 7.49. The molecule has 0 unspecified atom stereocenters. The Hall–Kier alpha value is -2.13. The van der Waals surface area contributed by atoms with E-state index in [0.29, 0.717) is 28.7 Å². The van der Waals surface area contributed by atoms with E-state index in [-0.39, 0.29) is 23.2 Å². The number of esters is 1. The number of aromatic nitrogens is 2. The van der Waals surface area contributed by atoms with Crippen LogP contribution in [-0.4, -0.2) is 34.2 Å². The van der Waals surface area contributed by atoms with Crippen molar-refractivity contribution in [3.05, 3.63) is 38.1 Å². The average molecular weight is 436 g/mol. The van der Waals surface area contributed by atoms with Crippen LogP contribution >= 0.6 is 23.1 Å². The number of hydrogen-bond donors (Lipinski definition) is 2. The van der Waals surface area contributed by atoms with Gasteiger partial charge in [-0.05, 0) is 44.6 Å². The van der Waals surface area contributed by atoms with Crippen LogP contribution in [0, 0.1) is 0 Å². The highest BCUT2D eigenvalue weighted by Gasteiger charge is 2.27. The zero-order chi connectivity index (χ0) is 20.8. The molecule has 0 aromatic carbocycles. The summed E-state index contributed by atoms with van der Waals surface area (Å²) >= 11 is 2.63. The standard InChI is InChI=1S/C20H25N3O4S2/c1-3-7-12-10-15(24)23-20(21-12)28-11-16(25)22-18-17(19(26)27-4-2)13-8-5-6-9-14(13)29-18/h10H,3-9,11H2,1-2H3,(H,22,25)(H,21,23,24). The van der Waals surface area contributed by atoms with Gasteiger partial charge in [-0.2, -0.15) is 0 Å². The number of nitrogens with zero attached hydrogens (tertiary/aromatic N) is 1. The van der Waals surface area contributed by atoms with E-state index in [2.05, 4.69) is 15.3 Å². The summed E-state index contributed by atoms with van der Waals surface area (Å²) in [5, 5.41) is 3.85. The van der Waals surface area contributed by atoms with Crippen molar-refractivity contribution in [1.29, 1.82) is 0 Å². The molecule has 1 aliphatic rings. The molecule has 0 saturated carbocycles. The number of hydrogen-bond acceptors (Lipinski definition) is 7. The number of anilines is 1. The van der Waals surface area contributed by atoms with Crippen LogP contribution in [0.1, 0.15) is 59.6 Å². The maximum Gasteiger partial charge on any atom is 0.341 e. The van der Waals surface area contributed by atoms with Gasteiger partial charge >= 0.3 is 5.97 Å². The van der Waals surface area contributed by atoms with Gasteiger partial charge in [0.25, 0.3) is 5.56 Å². The molecule has 0 bridgehead atoms. The van der Waals surface area contributed by atoms with Gasteiger partial charge in [-0.15, -0.1) is 11.3 Å². The van der Waals surface area contributed by atoms with Gasteiger partial charge in [0.2, 0.25) is 5.91 Å². The van der Waals surface area contributed by atoms with Crippen LogP contribution < -0.4 is 10.9 Å². The van der Waals surface area contributed by atoms with E-state index in [1.807, 2.05) is 6.92 Å². The summed E-state index contributed by atoms with van der Waals surface area (Å²) < 4.78 is 5.21. The lowest BCUT2D eigenvalue weighted by molar-refractivity contribution is -0.113. The van der Waals surface area contributed by atoms with Crippen LogP contribution in [0.2, 0.25) is 0 Å². The quantitative estimate of drug-likeness (QED) is 0.373. The van der Waals surface area contributed by atoms with E-state index in [1.165, 1.54) is 29.2 Å². The number of ether oxygens (including phenoxy) is 1. The van der Waals surface area contributed by atoms with Gasteiger partial charge in [-0.1, -0.05) is 25.1 Å². The summed E-state index contributed by atoms with van der Waals surface area (Å²) in [6.45, 7) is 4.08. The highest BCUT2D eigenvalue weighted by molar-refractivity contribution is 7.99. The molecule has 3 rings (SSSR count). The number of rotatable bonds is 8. The Morgan fingerprint density at radius 1 is 1.31 bits per heavy atom. The van der Waals surface area contributed by atoms with Crippen LogP contribution in [0.25, 0.3) is 0 Å². The minimum absolute atomic E-state index is 0.0867. The van der Waals surface area contributed by atoms with Gasteiger partial charge in [0.15, 0.2) is 5.16 Å². The lowest BCUT2D eigenvalue weighted by Gasteiger charge is -2.12. The number of fused-ring (bicyclic) bond motifs is 1. The maximum absolute atomic E-state index is 12.5. The summed E-state index contributed by atoms with van der Waals surface area (Å²) in [4.78, 5) is 45.0. The van der Waals surface area contributed by atoms with Crippen LogP contribution in [0.3, 0.4) is 0 Å². The van der Waals surface area contributed by atoms with E-state index in [9.17, 15) is 14.4 Å². The Balaban J connectivity index is 1.71. The fourth-order valence-electron chi connectivity index (χ4n) is 3.31. The lowest BCUT2D eigenvalue weighted by atomic mass is 9.95. The first kappa shape index (κ1) is 21.6. The summed E-state index contributed by atoms with van der Waals surface area (Å²) in [6, 6.07) is 1.48. The average Bonchev–Trinajstić information content (AvgIpc) is 3.04. The Labute approximate surface area is 177 Å². The molecule has 7 nitrogen and oxygen atoms in total. The fraction of sp³-hybridized carbons (Fsp3) is 0.500. The van der Waals surface area contributed by atoms with Crippen molar-refractivity contribution in [2.45, 2.75) is 57.5 Å². The molecular weight excluding hydrogens is 410 g/mol. The molecule has 2 heterocycles. The molecule has 1 aliphatic carbocycles. The minimum atomic E-state index is -0.381. The minimum Gasteiger partial charge on any atom is -0.462 e. The molecule has 2 aromatic heterocycles. The van der Waals surface area contributed by atoms with Crippen LogP contribution in [-0.2, 0) is 28.8 Å². The van der Waals surface area contributed by atoms with E-state index in [0.717, 1.165) is 48.2 Å². The lowest BCUT2D eigenvalue weighted by Crippen LogP contribution is -2.18. The monoisotopic (exact) mass is 435 g/mol. The molecule has 0 spiro atoms. The van der Waals surface area contributed by atoms with Crippen molar-refractivity contribution in [2.75, 3.05) is 17.7 Å². The molecule has 0 fully saturated rings. The van der Waals surface area contributed by atoms with Crippen molar-refractivity contribution in [3.63, 3.8) is 0 Å². The zero-order valence-corrected chi connectivity index (χ0v) is 18.3. The predicted molar refractivity (Wildman–Crippen MR) is 115 cm³/mol. The highest BCUT2D eigenvalue weighted by atomic mass is 32.2. The third kappa shape index (κ3) is 5.48. The molecule has 0 radical (unpaired) electrons. The molecule has 9 heteroatoms. The first-order valence-corrected chi connectivity index (χ1v) is 11.7. The third-order valence-electron chi connectivity index (χ3n) is 4.52.